The van der Waals surface area contributed by atoms with Crippen LogP contribution < -0.4 is 4.90 Å². The summed E-state index contributed by atoms with van der Waals surface area (Å²) in [4.78, 5) is 2.33. The maximum absolute atomic E-state index is 6.60. The number of hydrogen-bond donors (Lipinski definition) is 0. The fraction of sp³-hybridized carbons (Fsp3) is 0. The zero-order valence-electron chi connectivity index (χ0n) is 27.7. The Morgan fingerprint density at radius 2 is 0.863 bits per heavy atom. The first-order valence-electron chi connectivity index (χ1n) is 17.3. The number of rotatable bonds is 6. The molecule has 0 saturated carbocycles. The lowest BCUT2D eigenvalue weighted by atomic mass is 9.99. The molecule has 0 atom stereocenters. The highest BCUT2D eigenvalue weighted by molar-refractivity contribution is 6.12. The Hall–Kier alpha value is -6.84. The van der Waals surface area contributed by atoms with Gasteiger partial charge in [0.1, 0.15) is 16.7 Å². The van der Waals surface area contributed by atoms with E-state index in [1.54, 1.807) is 0 Å². The molecule has 0 saturated heterocycles. The van der Waals surface area contributed by atoms with Crippen LogP contribution in [0.4, 0.5) is 17.1 Å². The van der Waals surface area contributed by atoms with Gasteiger partial charge >= 0.3 is 0 Å². The average Bonchev–Trinajstić information content (AvgIpc) is 3.78. The van der Waals surface area contributed by atoms with Crippen LogP contribution in [0.3, 0.4) is 0 Å². The van der Waals surface area contributed by atoms with Crippen molar-refractivity contribution >= 4 is 60.9 Å². The molecule has 0 bridgehead atoms. The Labute approximate surface area is 295 Å². The molecule has 0 aliphatic heterocycles. The lowest BCUT2D eigenvalue weighted by Crippen LogP contribution is -2.11. The summed E-state index contributed by atoms with van der Waals surface area (Å²) in [6.07, 6.45) is 0. The SMILES string of the molecule is c1ccc(-c2ccccc2N(c2ccc(-c3ccc4oc5c(-c6ccccc6)cccc5c4c3)cc2)c2cccc3c2oc2ccccc23)cc1. The van der Waals surface area contributed by atoms with Crippen LogP contribution in [0.1, 0.15) is 0 Å². The third-order valence-corrected chi connectivity index (χ3v) is 9.89. The second-order valence-electron chi connectivity index (χ2n) is 12.9. The smallest absolute Gasteiger partial charge is 0.159 e. The minimum atomic E-state index is 0.859. The highest BCUT2D eigenvalue weighted by Crippen LogP contribution is 2.46. The van der Waals surface area contributed by atoms with Crippen molar-refractivity contribution in [2.24, 2.45) is 0 Å². The van der Waals surface area contributed by atoms with Crippen molar-refractivity contribution in [3.05, 3.63) is 188 Å². The predicted octanol–water partition coefficient (Wildman–Crippen LogP) is 14.0. The standard InChI is InChI=1S/C48H31NO2/c1-3-13-33(14-4-1)37-17-7-9-22-43(37)49(44-23-12-21-40-39-18-8-10-24-45(39)51-48(40)44)36-28-25-32(26-29-36)35-27-30-46-42(31-35)41-20-11-19-38(47(41)50-46)34-15-5-2-6-16-34/h1-31H. The van der Waals surface area contributed by atoms with Gasteiger partial charge in [-0.2, -0.15) is 0 Å². The molecule has 0 spiro atoms. The molecule has 3 heteroatoms. The van der Waals surface area contributed by atoms with E-state index >= 15 is 0 Å². The summed E-state index contributed by atoms with van der Waals surface area (Å²) < 4.78 is 13.1. The number of furan rings is 2. The minimum absolute atomic E-state index is 0.859. The summed E-state index contributed by atoms with van der Waals surface area (Å²) in [6, 6.07) is 66.1. The molecular weight excluding hydrogens is 623 g/mol. The second-order valence-corrected chi connectivity index (χ2v) is 12.9. The van der Waals surface area contributed by atoms with Crippen molar-refractivity contribution in [2.45, 2.75) is 0 Å². The normalized spacial score (nSPS) is 11.5. The van der Waals surface area contributed by atoms with Crippen LogP contribution in [0.15, 0.2) is 197 Å². The Bertz CT molecular complexity index is 2850. The summed E-state index contributed by atoms with van der Waals surface area (Å²) in [6.45, 7) is 0. The van der Waals surface area contributed by atoms with Crippen molar-refractivity contribution in [2.75, 3.05) is 4.90 Å². The zero-order chi connectivity index (χ0) is 33.7. The highest BCUT2D eigenvalue weighted by Gasteiger charge is 2.22. The van der Waals surface area contributed by atoms with Gasteiger partial charge < -0.3 is 13.7 Å². The van der Waals surface area contributed by atoms with Crippen LogP contribution in [-0.4, -0.2) is 0 Å². The Balaban J connectivity index is 1.11. The maximum Gasteiger partial charge on any atom is 0.159 e. The number of nitrogens with zero attached hydrogens (tertiary/aromatic N) is 1. The van der Waals surface area contributed by atoms with Crippen LogP contribution >= 0.6 is 0 Å². The van der Waals surface area contributed by atoms with Gasteiger partial charge in [-0.25, -0.2) is 0 Å². The molecule has 10 rings (SSSR count). The number of hydrogen-bond acceptors (Lipinski definition) is 3. The molecular formula is C48H31NO2. The van der Waals surface area contributed by atoms with Crippen molar-refractivity contribution in [3.8, 4) is 33.4 Å². The van der Waals surface area contributed by atoms with Crippen molar-refractivity contribution < 1.29 is 8.83 Å². The Morgan fingerprint density at radius 3 is 1.67 bits per heavy atom. The van der Waals surface area contributed by atoms with Crippen LogP contribution in [-0.2, 0) is 0 Å². The Kier molecular flexibility index (Phi) is 6.81. The molecule has 3 nitrogen and oxygen atoms in total. The van der Waals surface area contributed by atoms with Crippen LogP contribution in [0.5, 0.6) is 0 Å². The first kappa shape index (κ1) is 29.1. The van der Waals surface area contributed by atoms with Gasteiger partial charge in [0, 0.05) is 38.4 Å². The van der Waals surface area contributed by atoms with Crippen LogP contribution in [0.25, 0.3) is 77.3 Å². The number of para-hydroxylation sites is 4. The minimum Gasteiger partial charge on any atom is -0.455 e. The van der Waals surface area contributed by atoms with Gasteiger partial charge in [-0.05, 0) is 64.7 Å². The molecule has 0 aliphatic carbocycles. The third-order valence-electron chi connectivity index (χ3n) is 9.89. The zero-order valence-corrected chi connectivity index (χ0v) is 27.7. The molecule has 10 aromatic rings. The summed E-state index contributed by atoms with van der Waals surface area (Å²) >= 11 is 0. The lowest BCUT2D eigenvalue weighted by molar-refractivity contribution is 0.669. The Morgan fingerprint density at radius 1 is 0.314 bits per heavy atom. The maximum atomic E-state index is 6.60. The van der Waals surface area contributed by atoms with E-state index in [-0.39, 0.29) is 0 Å². The molecule has 0 fully saturated rings. The monoisotopic (exact) mass is 653 g/mol. The average molecular weight is 654 g/mol. The van der Waals surface area contributed by atoms with E-state index in [1.165, 1.54) is 0 Å². The number of fused-ring (bicyclic) bond motifs is 6. The van der Waals surface area contributed by atoms with Crippen molar-refractivity contribution in [1.29, 1.82) is 0 Å². The largest absolute Gasteiger partial charge is 0.455 e. The molecule has 51 heavy (non-hydrogen) atoms. The fourth-order valence-electron chi connectivity index (χ4n) is 7.47. The summed E-state index contributed by atoms with van der Waals surface area (Å²) in [5, 5.41) is 4.43. The summed E-state index contributed by atoms with van der Waals surface area (Å²) in [5.74, 6) is 0. The van der Waals surface area contributed by atoms with Gasteiger partial charge in [-0.3, -0.25) is 0 Å². The fourth-order valence-corrected chi connectivity index (χ4v) is 7.47. The second kappa shape index (κ2) is 11.9. The van der Waals surface area contributed by atoms with E-state index < -0.39 is 0 Å². The molecule has 0 amide bonds. The molecule has 2 heterocycles. The van der Waals surface area contributed by atoms with Crippen molar-refractivity contribution in [3.63, 3.8) is 0 Å². The predicted molar refractivity (Wildman–Crippen MR) is 212 cm³/mol. The van der Waals surface area contributed by atoms with Gasteiger partial charge in [0.05, 0.1) is 11.4 Å². The van der Waals surface area contributed by atoms with Crippen LogP contribution in [0, 0.1) is 0 Å². The van der Waals surface area contributed by atoms with Gasteiger partial charge in [0.2, 0.25) is 0 Å². The molecule has 8 aromatic carbocycles. The molecule has 0 unspecified atom stereocenters. The first-order valence-corrected chi connectivity index (χ1v) is 17.3. The van der Waals surface area contributed by atoms with Gasteiger partial charge in [-0.1, -0.05) is 146 Å². The van der Waals surface area contributed by atoms with E-state index in [0.29, 0.717) is 0 Å². The van der Waals surface area contributed by atoms with Crippen molar-refractivity contribution in [1.82, 2.24) is 0 Å². The van der Waals surface area contributed by atoms with E-state index in [4.69, 9.17) is 8.83 Å². The number of anilines is 3. The van der Waals surface area contributed by atoms with E-state index in [1.807, 2.05) is 18.2 Å². The van der Waals surface area contributed by atoms with Gasteiger partial charge in [-0.15, -0.1) is 0 Å². The van der Waals surface area contributed by atoms with Gasteiger partial charge in [0.25, 0.3) is 0 Å². The van der Waals surface area contributed by atoms with E-state index in [0.717, 1.165) is 94.3 Å². The topological polar surface area (TPSA) is 29.5 Å². The third kappa shape index (κ3) is 4.90. The van der Waals surface area contributed by atoms with Gasteiger partial charge in [0.15, 0.2) is 5.58 Å². The lowest BCUT2D eigenvalue weighted by Gasteiger charge is -2.28. The molecule has 0 radical (unpaired) electrons. The molecule has 0 N–H and O–H groups in total. The van der Waals surface area contributed by atoms with E-state index in [2.05, 4.69) is 175 Å². The quantitative estimate of drug-likeness (QED) is 0.179. The number of benzene rings is 8. The summed E-state index contributed by atoms with van der Waals surface area (Å²) in [7, 11) is 0. The van der Waals surface area contributed by atoms with Crippen LogP contribution in [0.2, 0.25) is 0 Å². The molecule has 2 aromatic heterocycles. The highest BCUT2D eigenvalue weighted by atomic mass is 16.3. The molecule has 0 aliphatic rings. The van der Waals surface area contributed by atoms with E-state index in [9.17, 15) is 0 Å². The summed E-state index contributed by atoms with van der Waals surface area (Å²) in [5.41, 5.74) is 13.5. The first-order chi connectivity index (χ1) is 25.3. The molecule has 240 valence electrons.